The van der Waals surface area contributed by atoms with Crippen molar-refractivity contribution >= 4 is 28.1 Å². The van der Waals surface area contributed by atoms with Gasteiger partial charge in [0.1, 0.15) is 0 Å². The number of benzene rings is 2. The summed E-state index contributed by atoms with van der Waals surface area (Å²) in [6, 6.07) is 11.8. The molecular weight excluding hydrogens is 406 g/mol. The van der Waals surface area contributed by atoms with Gasteiger partial charge in [0.2, 0.25) is 0 Å². The van der Waals surface area contributed by atoms with E-state index < -0.39 is 0 Å². The van der Waals surface area contributed by atoms with Crippen molar-refractivity contribution in [1.82, 2.24) is 4.90 Å². The Balaban J connectivity index is 1.26. The third-order valence-corrected chi connectivity index (χ3v) is 8.89. The van der Waals surface area contributed by atoms with Crippen LogP contribution >= 0.6 is 0 Å². The van der Waals surface area contributed by atoms with Gasteiger partial charge in [-0.05, 0) is 56.2 Å². The molecule has 3 fully saturated rings. The number of rotatable bonds is 4. The Morgan fingerprint density at radius 2 is 1.48 bits per heavy atom. The molecule has 4 aliphatic rings. The normalized spacial score (nSPS) is 23.5. The smallest absolute Gasteiger partial charge is 0.259 e. The molecule has 4 heteroatoms. The van der Waals surface area contributed by atoms with Gasteiger partial charge in [-0.1, -0.05) is 50.7 Å². The van der Waals surface area contributed by atoms with Crippen LogP contribution in [0.15, 0.2) is 30.3 Å². The summed E-state index contributed by atoms with van der Waals surface area (Å²) >= 11 is 0. The lowest BCUT2D eigenvalue weighted by molar-refractivity contribution is 0.0987. The minimum atomic E-state index is 0.220. The number of carbonyl (C=O) groups excluding carboxylic acids is 1. The van der Waals surface area contributed by atoms with Crippen molar-refractivity contribution in [2.45, 2.75) is 76.7 Å². The van der Waals surface area contributed by atoms with Crippen LogP contribution in [0.1, 0.15) is 81.0 Å². The molecule has 0 atom stereocenters. The average Bonchev–Trinajstić information content (AvgIpc) is 3.02. The summed E-state index contributed by atoms with van der Waals surface area (Å²) in [7, 11) is 0. The molecular formula is C29H39N3O. The molecule has 2 aromatic carbocycles. The zero-order valence-corrected chi connectivity index (χ0v) is 20.1. The predicted octanol–water partition coefficient (Wildman–Crippen LogP) is 6.23. The first-order valence-corrected chi connectivity index (χ1v) is 13.7. The summed E-state index contributed by atoms with van der Waals surface area (Å²) in [5.41, 5.74) is 3.39. The third kappa shape index (κ3) is 4.05. The van der Waals surface area contributed by atoms with Crippen LogP contribution in [0.25, 0.3) is 10.8 Å². The van der Waals surface area contributed by atoms with Crippen molar-refractivity contribution in [3.63, 3.8) is 0 Å². The summed E-state index contributed by atoms with van der Waals surface area (Å²) in [6.45, 7) is 5.50. The fourth-order valence-electron chi connectivity index (χ4n) is 7.11. The Morgan fingerprint density at radius 1 is 0.727 bits per heavy atom. The molecule has 1 saturated heterocycles. The summed E-state index contributed by atoms with van der Waals surface area (Å²) in [5, 5.41) is 2.47. The maximum absolute atomic E-state index is 13.4. The fourth-order valence-corrected chi connectivity index (χ4v) is 7.11. The van der Waals surface area contributed by atoms with Crippen LogP contribution in [0, 0.1) is 5.92 Å². The lowest BCUT2D eigenvalue weighted by Crippen LogP contribution is -2.39. The largest absolute Gasteiger partial charge is 0.370 e. The predicted molar refractivity (Wildman–Crippen MR) is 137 cm³/mol. The Bertz CT molecular complexity index is 1010. The summed E-state index contributed by atoms with van der Waals surface area (Å²) < 4.78 is 0. The fraction of sp³-hybridized carbons (Fsp3) is 0.621. The number of nitrogens with zero attached hydrogens (tertiary/aromatic N) is 3. The van der Waals surface area contributed by atoms with Gasteiger partial charge in [-0.15, -0.1) is 0 Å². The van der Waals surface area contributed by atoms with Crippen molar-refractivity contribution < 1.29 is 4.79 Å². The van der Waals surface area contributed by atoms with Crippen LogP contribution in [-0.2, 0) is 0 Å². The van der Waals surface area contributed by atoms with Gasteiger partial charge in [-0.3, -0.25) is 9.69 Å². The molecule has 2 aliphatic carbocycles. The third-order valence-electron chi connectivity index (χ3n) is 8.89. The average molecular weight is 446 g/mol. The van der Waals surface area contributed by atoms with Crippen molar-refractivity contribution in [2.75, 3.05) is 42.5 Å². The molecule has 0 aromatic heterocycles. The van der Waals surface area contributed by atoms with E-state index in [-0.39, 0.29) is 5.91 Å². The van der Waals surface area contributed by atoms with Crippen LogP contribution in [0.4, 0.5) is 11.4 Å². The first-order chi connectivity index (χ1) is 16.3. The first kappa shape index (κ1) is 21.5. The molecule has 4 nitrogen and oxygen atoms in total. The molecule has 176 valence electrons. The number of hydrogen-bond acceptors (Lipinski definition) is 3. The highest BCUT2D eigenvalue weighted by Crippen LogP contribution is 2.43. The lowest BCUT2D eigenvalue weighted by atomic mass is 9.89. The van der Waals surface area contributed by atoms with Crippen molar-refractivity contribution in [3.8, 4) is 0 Å². The minimum absolute atomic E-state index is 0.220. The molecule has 33 heavy (non-hydrogen) atoms. The molecule has 0 unspecified atom stereocenters. The van der Waals surface area contributed by atoms with E-state index in [2.05, 4.69) is 39.0 Å². The lowest BCUT2D eigenvalue weighted by Gasteiger charge is -2.33. The van der Waals surface area contributed by atoms with Crippen molar-refractivity contribution in [2.24, 2.45) is 5.92 Å². The molecule has 2 aromatic rings. The van der Waals surface area contributed by atoms with Gasteiger partial charge >= 0.3 is 0 Å². The summed E-state index contributed by atoms with van der Waals surface area (Å²) in [5.74, 6) is 0.876. The van der Waals surface area contributed by atoms with Crippen molar-refractivity contribution in [3.05, 3.63) is 35.9 Å². The van der Waals surface area contributed by atoms with E-state index in [1.807, 2.05) is 6.07 Å². The SMILES string of the molecule is O=C1c2cccc3c(N4CCCN(C5CCCCC5)CC4)ccc(c23)N1CC1CCCCC1. The second-order valence-corrected chi connectivity index (χ2v) is 10.9. The molecule has 0 spiro atoms. The Labute approximate surface area is 198 Å². The zero-order valence-electron chi connectivity index (χ0n) is 20.1. The number of carbonyl (C=O) groups is 1. The van der Waals surface area contributed by atoms with Gasteiger partial charge < -0.3 is 9.80 Å². The van der Waals surface area contributed by atoms with Crippen LogP contribution in [0.5, 0.6) is 0 Å². The van der Waals surface area contributed by atoms with E-state index in [0.717, 1.165) is 36.9 Å². The number of hydrogen-bond donors (Lipinski definition) is 0. The maximum atomic E-state index is 13.4. The molecule has 2 aliphatic heterocycles. The standard InChI is InChI=1S/C29H39N3O/c33-29-25-14-7-13-24-26(31-18-8-17-30(19-20-31)23-11-5-2-6-12-23)15-16-27(28(24)25)32(29)21-22-9-3-1-4-10-22/h7,13-16,22-23H,1-6,8-12,17-21H2. The van der Waals surface area contributed by atoms with E-state index in [1.165, 1.54) is 100 Å². The molecule has 1 amide bonds. The second-order valence-electron chi connectivity index (χ2n) is 10.9. The highest BCUT2D eigenvalue weighted by Gasteiger charge is 2.33. The van der Waals surface area contributed by atoms with Crippen LogP contribution in [-0.4, -0.2) is 49.6 Å². The van der Waals surface area contributed by atoms with Crippen LogP contribution in [0.3, 0.4) is 0 Å². The van der Waals surface area contributed by atoms with Crippen LogP contribution < -0.4 is 9.80 Å². The van der Waals surface area contributed by atoms with Gasteiger partial charge in [0, 0.05) is 60.8 Å². The second kappa shape index (κ2) is 9.29. The van der Waals surface area contributed by atoms with Crippen molar-refractivity contribution in [1.29, 1.82) is 0 Å². The molecule has 2 saturated carbocycles. The number of anilines is 2. The maximum Gasteiger partial charge on any atom is 0.259 e. The zero-order chi connectivity index (χ0) is 22.2. The Morgan fingerprint density at radius 3 is 2.30 bits per heavy atom. The van der Waals surface area contributed by atoms with Gasteiger partial charge in [0.15, 0.2) is 0 Å². The van der Waals surface area contributed by atoms with Gasteiger partial charge in [0.25, 0.3) is 5.91 Å². The highest BCUT2D eigenvalue weighted by atomic mass is 16.2. The molecule has 0 bridgehead atoms. The molecule has 6 rings (SSSR count). The number of amides is 1. The molecule has 0 radical (unpaired) electrons. The Kier molecular flexibility index (Phi) is 6.04. The molecule has 0 N–H and O–H groups in total. The topological polar surface area (TPSA) is 26.8 Å². The van der Waals surface area contributed by atoms with E-state index in [4.69, 9.17) is 0 Å². The summed E-state index contributed by atoms with van der Waals surface area (Å²) in [6.07, 6.45) is 14.8. The molecule has 2 heterocycles. The summed E-state index contributed by atoms with van der Waals surface area (Å²) in [4.78, 5) is 20.9. The van der Waals surface area contributed by atoms with E-state index in [9.17, 15) is 4.79 Å². The van der Waals surface area contributed by atoms with Gasteiger partial charge in [-0.25, -0.2) is 0 Å². The monoisotopic (exact) mass is 445 g/mol. The Hall–Kier alpha value is -2.07. The quantitative estimate of drug-likeness (QED) is 0.558. The van der Waals surface area contributed by atoms with E-state index in [1.54, 1.807) is 0 Å². The van der Waals surface area contributed by atoms with Gasteiger partial charge in [0.05, 0.1) is 5.69 Å². The van der Waals surface area contributed by atoms with Crippen LogP contribution in [0.2, 0.25) is 0 Å². The first-order valence-electron chi connectivity index (χ1n) is 13.7. The highest BCUT2D eigenvalue weighted by molar-refractivity contribution is 6.26. The van der Waals surface area contributed by atoms with Gasteiger partial charge in [-0.2, -0.15) is 0 Å². The van der Waals surface area contributed by atoms with E-state index >= 15 is 0 Å². The van der Waals surface area contributed by atoms with E-state index in [0.29, 0.717) is 5.92 Å². The minimum Gasteiger partial charge on any atom is -0.370 e.